The van der Waals surface area contributed by atoms with Crippen LogP contribution >= 0.6 is 0 Å². The highest BCUT2D eigenvalue weighted by molar-refractivity contribution is 6.24. The Bertz CT molecular complexity index is 5730. The quantitative estimate of drug-likeness (QED) is 0.142. The maximum absolute atomic E-state index is 7.07. The highest BCUT2D eigenvalue weighted by Crippen LogP contribution is 2.68. The van der Waals surface area contributed by atoms with Crippen molar-refractivity contribution in [2.45, 2.75) is 5.41 Å². The minimum absolute atomic E-state index is 0.745. The second kappa shape index (κ2) is 19.1. The van der Waals surface area contributed by atoms with Gasteiger partial charge in [0.1, 0.15) is 11.2 Å². The standard InChI is InChI=1S/C85H52N2O2/c1-3-25-53(26-4-1)56-29-13-19-43-73(56)86(75-45-23-39-67-62-35-15-21-47-78(62)88-83(67)75)55-49-50-66-69(51-55)58-31-7-9-37-64(58)80-70-52-77(61-34-8-10-38-65(61)81(70)85(82(66)80)71-41-17-11-32-59(71)60-33-12-18-42-72(60)85)87(74-44-20-14-30-57(74)54-27-5-2-6-28-54)76-46-24-40-68-63-36-16-22-48-79(63)89-84(68)76/h1-52H. The summed E-state index contributed by atoms with van der Waals surface area (Å²) in [6.07, 6.45) is 0. The molecule has 414 valence electrons. The van der Waals surface area contributed by atoms with Gasteiger partial charge in [-0.2, -0.15) is 0 Å². The smallest absolute Gasteiger partial charge is 0.159 e. The van der Waals surface area contributed by atoms with Crippen molar-refractivity contribution in [3.05, 3.63) is 338 Å². The molecule has 0 N–H and O–H groups in total. The van der Waals surface area contributed by atoms with Crippen LogP contribution in [-0.4, -0.2) is 0 Å². The molecule has 0 saturated carbocycles. The maximum Gasteiger partial charge on any atom is 0.159 e. The summed E-state index contributed by atoms with van der Waals surface area (Å²) >= 11 is 0. The number of rotatable bonds is 8. The van der Waals surface area contributed by atoms with Gasteiger partial charge in [0.15, 0.2) is 11.2 Å². The predicted octanol–water partition coefficient (Wildman–Crippen LogP) is 23.6. The second-order valence-corrected chi connectivity index (χ2v) is 23.7. The molecule has 89 heavy (non-hydrogen) atoms. The highest BCUT2D eigenvalue weighted by atomic mass is 16.3. The van der Waals surface area contributed by atoms with E-state index in [9.17, 15) is 0 Å². The SMILES string of the molecule is c1ccc(-c2ccccc2N(c2ccc3c4c(c5ccccc5c3c2)-c2cc(N(c3ccccc3-c3ccccc3)c3cccc5c3oc3ccccc35)c3ccccc3c2C42c3ccccc3-c3ccccc32)c2cccc3c2oc2ccccc23)cc1. The molecule has 0 amide bonds. The number of fused-ring (bicyclic) bond motifs is 23. The molecular formula is C85H52N2O2. The van der Waals surface area contributed by atoms with Crippen molar-refractivity contribution in [2.75, 3.05) is 9.80 Å². The molecule has 0 aliphatic heterocycles. The van der Waals surface area contributed by atoms with Crippen molar-refractivity contribution in [2.24, 2.45) is 0 Å². The van der Waals surface area contributed by atoms with Gasteiger partial charge in [-0.1, -0.05) is 261 Å². The van der Waals surface area contributed by atoms with E-state index in [0.29, 0.717) is 0 Å². The number of anilines is 6. The van der Waals surface area contributed by atoms with Crippen LogP contribution in [0.1, 0.15) is 22.3 Å². The van der Waals surface area contributed by atoms with Crippen molar-refractivity contribution >= 4 is 110 Å². The number of hydrogen-bond acceptors (Lipinski definition) is 4. The Morgan fingerprint density at radius 1 is 0.236 bits per heavy atom. The van der Waals surface area contributed by atoms with E-state index < -0.39 is 5.41 Å². The molecule has 17 aromatic rings. The molecule has 0 radical (unpaired) electrons. The monoisotopic (exact) mass is 1130 g/mol. The third-order valence-corrected chi connectivity index (χ3v) is 19.2. The Balaban J connectivity index is 0.949. The lowest BCUT2D eigenvalue weighted by Crippen LogP contribution is -2.27. The van der Waals surface area contributed by atoms with Crippen LogP contribution in [-0.2, 0) is 5.41 Å². The van der Waals surface area contributed by atoms with Crippen molar-refractivity contribution in [3.8, 4) is 44.5 Å². The molecule has 2 aromatic heterocycles. The molecule has 0 unspecified atom stereocenters. The molecule has 0 saturated heterocycles. The zero-order valence-electron chi connectivity index (χ0n) is 48.2. The van der Waals surface area contributed by atoms with Crippen LogP contribution in [0.2, 0.25) is 0 Å². The topological polar surface area (TPSA) is 32.8 Å². The van der Waals surface area contributed by atoms with Crippen LogP contribution in [0, 0.1) is 0 Å². The average molecular weight is 1130 g/mol. The summed E-state index contributed by atoms with van der Waals surface area (Å²) in [6.45, 7) is 0. The van der Waals surface area contributed by atoms with Gasteiger partial charge in [0.25, 0.3) is 0 Å². The normalized spacial score (nSPS) is 12.8. The van der Waals surface area contributed by atoms with E-state index in [0.717, 1.165) is 106 Å². The van der Waals surface area contributed by atoms with E-state index in [4.69, 9.17) is 8.83 Å². The summed E-state index contributed by atoms with van der Waals surface area (Å²) < 4.78 is 14.0. The van der Waals surface area contributed by atoms with E-state index in [1.54, 1.807) is 0 Å². The largest absolute Gasteiger partial charge is 0.454 e. The Hall–Kier alpha value is -11.7. The predicted molar refractivity (Wildman–Crippen MR) is 370 cm³/mol. The molecule has 4 nitrogen and oxygen atoms in total. The van der Waals surface area contributed by atoms with Crippen LogP contribution in [0.5, 0.6) is 0 Å². The minimum Gasteiger partial charge on any atom is -0.454 e. The highest BCUT2D eigenvalue weighted by Gasteiger charge is 2.54. The fourth-order valence-electron chi connectivity index (χ4n) is 15.7. The van der Waals surface area contributed by atoms with Gasteiger partial charge in [-0.3, -0.25) is 0 Å². The first-order chi connectivity index (χ1) is 44.2. The molecule has 0 fully saturated rings. The molecule has 0 bridgehead atoms. The van der Waals surface area contributed by atoms with Gasteiger partial charge in [-0.05, 0) is 137 Å². The van der Waals surface area contributed by atoms with Gasteiger partial charge in [-0.15, -0.1) is 0 Å². The zero-order chi connectivity index (χ0) is 58.3. The zero-order valence-corrected chi connectivity index (χ0v) is 48.2. The Labute approximate surface area is 513 Å². The van der Waals surface area contributed by atoms with Gasteiger partial charge in [0.05, 0.1) is 33.9 Å². The average Bonchev–Trinajstić information content (AvgIpc) is 1.51. The molecule has 19 rings (SSSR count). The van der Waals surface area contributed by atoms with Crippen LogP contribution in [0.25, 0.3) is 121 Å². The van der Waals surface area contributed by atoms with Gasteiger partial charge in [0, 0.05) is 43.7 Å². The number of benzene rings is 15. The van der Waals surface area contributed by atoms with E-state index in [2.05, 4.69) is 325 Å². The molecule has 2 aliphatic carbocycles. The third-order valence-electron chi connectivity index (χ3n) is 19.2. The molecule has 2 heterocycles. The number of furan rings is 2. The summed E-state index contributed by atoms with van der Waals surface area (Å²) in [7, 11) is 0. The Morgan fingerprint density at radius 2 is 0.663 bits per heavy atom. The first-order valence-corrected chi connectivity index (χ1v) is 30.7. The fourth-order valence-corrected chi connectivity index (χ4v) is 15.7. The summed E-state index contributed by atoms with van der Waals surface area (Å²) in [5.74, 6) is 0. The lowest BCUT2D eigenvalue weighted by Gasteiger charge is -2.34. The Kier molecular flexibility index (Phi) is 10.7. The van der Waals surface area contributed by atoms with Gasteiger partial charge in [-0.25, -0.2) is 0 Å². The lowest BCUT2D eigenvalue weighted by atomic mass is 9.68. The number of nitrogens with zero attached hydrogens (tertiary/aromatic N) is 2. The van der Waals surface area contributed by atoms with Gasteiger partial charge >= 0.3 is 0 Å². The number of hydrogen-bond donors (Lipinski definition) is 0. The van der Waals surface area contributed by atoms with E-state index in [-0.39, 0.29) is 0 Å². The van der Waals surface area contributed by atoms with Crippen LogP contribution < -0.4 is 9.80 Å². The minimum atomic E-state index is -0.745. The first kappa shape index (κ1) is 49.5. The van der Waals surface area contributed by atoms with Crippen molar-refractivity contribution < 1.29 is 8.83 Å². The molecular weight excluding hydrogens is 1080 g/mol. The van der Waals surface area contributed by atoms with Crippen LogP contribution in [0.3, 0.4) is 0 Å². The Morgan fingerprint density at radius 3 is 1.26 bits per heavy atom. The van der Waals surface area contributed by atoms with Crippen molar-refractivity contribution in [3.63, 3.8) is 0 Å². The summed E-state index contributed by atoms with van der Waals surface area (Å²) in [5.41, 5.74) is 23.4. The fraction of sp³-hybridized carbons (Fsp3) is 0.0118. The summed E-state index contributed by atoms with van der Waals surface area (Å²) in [5, 5.41) is 11.4. The molecule has 1 spiro atoms. The van der Waals surface area contributed by atoms with Crippen molar-refractivity contribution in [1.82, 2.24) is 0 Å². The van der Waals surface area contributed by atoms with Crippen molar-refractivity contribution in [1.29, 1.82) is 0 Å². The third kappa shape index (κ3) is 7.00. The number of para-hydroxylation sites is 6. The van der Waals surface area contributed by atoms with Gasteiger partial charge in [0.2, 0.25) is 0 Å². The van der Waals surface area contributed by atoms with E-state index in [1.807, 2.05) is 0 Å². The van der Waals surface area contributed by atoms with E-state index in [1.165, 1.54) is 71.4 Å². The van der Waals surface area contributed by atoms with Crippen LogP contribution in [0.15, 0.2) is 324 Å². The molecule has 15 aromatic carbocycles. The van der Waals surface area contributed by atoms with E-state index >= 15 is 0 Å². The van der Waals surface area contributed by atoms with Crippen LogP contribution in [0.4, 0.5) is 34.1 Å². The molecule has 0 atom stereocenters. The van der Waals surface area contributed by atoms with Gasteiger partial charge < -0.3 is 18.6 Å². The first-order valence-electron chi connectivity index (χ1n) is 30.7. The second-order valence-electron chi connectivity index (χ2n) is 23.7. The molecule has 2 aliphatic rings. The maximum atomic E-state index is 7.07. The summed E-state index contributed by atoms with van der Waals surface area (Å²) in [4.78, 5) is 4.93. The lowest BCUT2D eigenvalue weighted by molar-refractivity contribution is 0.669. The molecule has 4 heteroatoms. The summed E-state index contributed by atoms with van der Waals surface area (Å²) in [6, 6.07) is 116.